The molecule has 1 heterocycles. The molecular formula is C17H32N2. The molecule has 1 aliphatic carbocycles. The number of fused-ring (bicyclic) bond motifs is 1. The largest absolute Gasteiger partial charge is 0.241 e. The van der Waals surface area contributed by atoms with E-state index in [9.17, 15) is 0 Å². The fourth-order valence-electron chi connectivity index (χ4n) is 2.40. The van der Waals surface area contributed by atoms with E-state index in [4.69, 9.17) is 0 Å². The topological polar surface area (TPSA) is 25.8 Å². The number of hydrogen-bond acceptors (Lipinski definition) is 2. The summed E-state index contributed by atoms with van der Waals surface area (Å²) in [6.07, 6.45) is 9.41. The summed E-state index contributed by atoms with van der Waals surface area (Å²) in [5, 5.41) is 0. The van der Waals surface area contributed by atoms with Crippen LogP contribution in [-0.4, -0.2) is 9.97 Å². The number of hydrogen-bond donors (Lipinski definition) is 0. The SMILES string of the molecule is CC.CC.CC(C)c1ncnc2c1CCCCCC2. The first kappa shape index (κ1) is 18.1. The summed E-state index contributed by atoms with van der Waals surface area (Å²) in [6, 6.07) is 0. The molecule has 0 N–H and O–H groups in total. The third-order valence-corrected chi connectivity index (χ3v) is 3.21. The number of aromatic nitrogens is 2. The highest BCUT2D eigenvalue weighted by atomic mass is 14.8. The lowest BCUT2D eigenvalue weighted by Gasteiger charge is -2.17. The molecule has 0 bridgehead atoms. The quantitative estimate of drug-likeness (QED) is 0.687. The zero-order valence-corrected chi connectivity index (χ0v) is 13.8. The van der Waals surface area contributed by atoms with Gasteiger partial charge in [-0.05, 0) is 37.2 Å². The van der Waals surface area contributed by atoms with Crippen LogP contribution in [0.3, 0.4) is 0 Å². The fourth-order valence-corrected chi connectivity index (χ4v) is 2.40. The molecule has 0 saturated heterocycles. The molecule has 0 amide bonds. The van der Waals surface area contributed by atoms with Gasteiger partial charge in [0.2, 0.25) is 0 Å². The van der Waals surface area contributed by atoms with Gasteiger partial charge in [0, 0.05) is 11.4 Å². The molecule has 110 valence electrons. The smallest absolute Gasteiger partial charge is 0.115 e. The summed E-state index contributed by atoms with van der Waals surface area (Å²) in [6.45, 7) is 12.4. The van der Waals surface area contributed by atoms with Crippen LogP contribution in [-0.2, 0) is 12.8 Å². The van der Waals surface area contributed by atoms with E-state index in [2.05, 4.69) is 23.8 Å². The Morgan fingerprint density at radius 3 is 2.00 bits per heavy atom. The minimum atomic E-state index is 0.529. The van der Waals surface area contributed by atoms with E-state index in [1.54, 1.807) is 6.33 Å². The highest BCUT2D eigenvalue weighted by Crippen LogP contribution is 2.24. The van der Waals surface area contributed by atoms with Crippen LogP contribution in [0, 0.1) is 0 Å². The van der Waals surface area contributed by atoms with Crippen LogP contribution in [0.1, 0.15) is 90.1 Å². The Hall–Kier alpha value is -0.920. The van der Waals surface area contributed by atoms with E-state index >= 15 is 0 Å². The van der Waals surface area contributed by atoms with Gasteiger partial charge < -0.3 is 0 Å². The van der Waals surface area contributed by atoms with Crippen molar-refractivity contribution in [3.8, 4) is 0 Å². The minimum Gasteiger partial charge on any atom is -0.241 e. The molecular weight excluding hydrogens is 232 g/mol. The molecule has 19 heavy (non-hydrogen) atoms. The van der Waals surface area contributed by atoms with Gasteiger partial charge in [-0.25, -0.2) is 9.97 Å². The van der Waals surface area contributed by atoms with Gasteiger partial charge in [-0.3, -0.25) is 0 Å². The predicted molar refractivity (Wildman–Crippen MR) is 84.7 cm³/mol. The van der Waals surface area contributed by atoms with Crippen LogP contribution in [0.5, 0.6) is 0 Å². The van der Waals surface area contributed by atoms with Crippen molar-refractivity contribution in [2.75, 3.05) is 0 Å². The molecule has 0 atom stereocenters. The minimum absolute atomic E-state index is 0.529. The Bertz CT molecular complexity index is 332. The molecule has 1 aromatic heterocycles. The van der Waals surface area contributed by atoms with Gasteiger partial charge in [0.05, 0.1) is 0 Å². The summed E-state index contributed by atoms with van der Waals surface area (Å²) < 4.78 is 0. The first-order valence-corrected chi connectivity index (χ1v) is 8.11. The normalized spacial score (nSPS) is 14.1. The molecule has 0 unspecified atom stereocenters. The zero-order chi connectivity index (χ0) is 14.7. The molecule has 0 spiro atoms. The number of rotatable bonds is 1. The predicted octanol–water partition coefficient (Wildman–Crippen LogP) is 5.31. The summed E-state index contributed by atoms with van der Waals surface area (Å²) >= 11 is 0. The van der Waals surface area contributed by atoms with Crippen LogP contribution >= 0.6 is 0 Å². The zero-order valence-electron chi connectivity index (χ0n) is 13.8. The highest BCUT2D eigenvalue weighted by molar-refractivity contribution is 5.27. The van der Waals surface area contributed by atoms with Crippen LogP contribution in [0.4, 0.5) is 0 Å². The lowest BCUT2D eigenvalue weighted by atomic mass is 9.93. The van der Waals surface area contributed by atoms with Gasteiger partial charge in [0.25, 0.3) is 0 Å². The summed E-state index contributed by atoms with van der Waals surface area (Å²) in [5.74, 6) is 0.529. The van der Waals surface area contributed by atoms with Crippen molar-refractivity contribution in [3.05, 3.63) is 23.3 Å². The summed E-state index contributed by atoms with van der Waals surface area (Å²) in [4.78, 5) is 8.91. The Balaban J connectivity index is 0.000000741. The second-order valence-electron chi connectivity index (χ2n) is 4.75. The lowest BCUT2D eigenvalue weighted by Crippen LogP contribution is -2.09. The summed E-state index contributed by atoms with van der Waals surface area (Å²) in [5.41, 5.74) is 4.04. The molecule has 2 nitrogen and oxygen atoms in total. The van der Waals surface area contributed by atoms with E-state index in [0.29, 0.717) is 5.92 Å². The standard InChI is InChI=1S/C13H20N2.2C2H6/c1-10(2)13-11-7-5-3-4-6-8-12(11)14-9-15-13;2*1-2/h9-10H,3-8H2,1-2H3;2*1-2H3. The van der Waals surface area contributed by atoms with Crippen molar-refractivity contribution in [1.82, 2.24) is 9.97 Å². The molecule has 2 rings (SSSR count). The average molecular weight is 264 g/mol. The molecule has 0 radical (unpaired) electrons. The van der Waals surface area contributed by atoms with Crippen molar-refractivity contribution in [3.63, 3.8) is 0 Å². The Kier molecular flexibility index (Phi) is 10.4. The maximum Gasteiger partial charge on any atom is 0.115 e. The van der Waals surface area contributed by atoms with Gasteiger partial charge >= 0.3 is 0 Å². The third-order valence-electron chi connectivity index (χ3n) is 3.21. The molecule has 0 aromatic carbocycles. The second kappa shape index (κ2) is 11.0. The first-order valence-electron chi connectivity index (χ1n) is 8.11. The van der Waals surface area contributed by atoms with Crippen LogP contribution < -0.4 is 0 Å². The van der Waals surface area contributed by atoms with Crippen molar-refractivity contribution in [2.45, 2.75) is 86.0 Å². The second-order valence-corrected chi connectivity index (χ2v) is 4.75. The lowest BCUT2D eigenvalue weighted by molar-refractivity contribution is 0.597. The molecule has 0 aliphatic heterocycles. The third kappa shape index (κ3) is 5.71. The van der Waals surface area contributed by atoms with E-state index in [1.165, 1.54) is 49.1 Å². The van der Waals surface area contributed by atoms with Crippen molar-refractivity contribution in [1.29, 1.82) is 0 Å². The van der Waals surface area contributed by atoms with Gasteiger partial charge in [0.1, 0.15) is 6.33 Å². The Labute approximate surface area is 120 Å². The average Bonchev–Trinajstić information content (AvgIpc) is 2.43. The number of aryl methyl sites for hydroxylation is 1. The van der Waals surface area contributed by atoms with Gasteiger partial charge in [0.15, 0.2) is 0 Å². The molecule has 0 saturated carbocycles. The molecule has 1 aromatic rings. The Morgan fingerprint density at radius 1 is 0.842 bits per heavy atom. The molecule has 2 heteroatoms. The Morgan fingerprint density at radius 2 is 1.42 bits per heavy atom. The van der Waals surface area contributed by atoms with Crippen molar-refractivity contribution in [2.24, 2.45) is 0 Å². The van der Waals surface area contributed by atoms with Gasteiger partial charge in [-0.2, -0.15) is 0 Å². The molecule has 1 aliphatic rings. The molecule has 0 fully saturated rings. The van der Waals surface area contributed by atoms with Gasteiger partial charge in [-0.15, -0.1) is 0 Å². The van der Waals surface area contributed by atoms with E-state index in [0.717, 1.165) is 6.42 Å². The van der Waals surface area contributed by atoms with Crippen molar-refractivity contribution < 1.29 is 0 Å². The van der Waals surface area contributed by atoms with Gasteiger partial charge in [-0.1, -0.05) is 54.4 Å². The highest BCUT2D eigenvalue weighted by Gasteiger charge is 2.14. The maximum atomic E-state index is 4.45. The fraction of sp³-hybridized carbons (Fsp3) is 0.765. The van der Waals surface area contributed by atoms with E-state index in [1.807, 2.05) is 27.7 Å². The first-order chi connectivity index (χ1) is 9.29. The monoisotopic (exact) mass is 264 g/mol. The summed E-state index contributed by atoms with van der Waals surface area (Å²) in [7, 11) is 0. The maximum absolute atomic E-state index is 4.45. The van der Waals surface area contributed by atoms with Crippen LogP contribution in [0.2, 0.25) is 0 Å². The van der Waals surface area contributed by atoms with Crippen molar-refractivity contribution >= 4 is 0 Å². The number of nitrogens with zero attached hydrogens (tertiary/aromatic N) is 2. The van der Waals surface area contributed by atoms with E-state index < -0.39 is 0 Å². The van der Waals surface area contributed by atoms with Crippen LogP contribution in [0.15, 0.2) is 6.33 Å². The van der Waals surface area contributed by atoms with Crippen LogP contribution in [0.25, 0.3) is 0 Å². The van der Waals surface area contributed by atoms with E-state index in [-0.39, 0.29) is 0 Å².